The third kappa shape index (κ3) is 3.01. The van der Waals surface area contributed by atoms with Crippen molar-refractivity contribution in [2.24, 2.45) is 0 Å². The van der Waals surface area contributed by atoms with E-state index >= 15 is 0 Å². The molecule has 0 saturated carbocycles. The molecular formula is C39H22N2. The van der Waals surface area contributed by atoms with Crippen LogP contribution in [0.15, 0.2) is 133 Å². The van der Waals surface area contributed by atoms with Crippen molar-refractivity contribution in [3.63, 3.8) is 0 Å². The SMILES string of the molecule is [C-]#[N+]c1ccc2c3c1ccc1cc(-c4cc5c6ccccc6ccc5c5ccccc45)cc(c13)n2-c1ccccc1. The molecule has 0 amide bonds. The summed E-state index contributed by atoms with van der Waals surface area (Å²) in [6, 6.07) is 48.0. The Balaban J connectivity index is 1.46. The Morgan fingerprint density at radius 3 is 2.02 bits per heavy atom. The van der Waals surface area contributed by atoms with Gasteiger partial charge in [-0.05, 0) is 90.6 Å². The molecule has 0 aliphatic carbocycles. The highest BCUT2D eigenvalue weighted by atomic mass is 15.0. The lowest BCUT2D eigenvalue weighted by Gasteiger charge is -2.14. The topological polar surface area (TPSA) is 9.29 Å². The Kier molecular flexibility index (Phi) is 4.43. The average Bonchev–Trinajstić information content (AvgIpc) is 3.38. The molecule has 0 saturated heterocycles. The number of fused-ring (bicyclic) bond motifs is 5. The number of benzene rings is 8. The molecule has 2 nitrogen and oxygen atoms in total. The van der Waals surface area contributed by atoms with Crippen LogP contribution in [0.25, 0.3) is 86.6 Å². The first-order valence-electron chi connectivity index (χ1n) is 13.9. The third-order valence-corrected chi connectivity index (χ3v) is 8.72. The lowest BCUT2D eigenvalue weighted by atomic mass is 9.90. The summed E-state index contributed by atoms with van der Waals surface area (Å²) in [6.07, 6.45) is 0. The molecule has 188 valence electrons. The van der Waals surface area contributed by atoms with Crippen LogP contribution in [0, 0.1) is 6.57 Å². The van der Waals surface area contributed by atoms with Gasteiger partial charge in [-0.15, -0.1) is 0 Å². The van der Waals surface area contributed by atoms with Crippen LogP contribution in [0.1, 0.15) is 0 Å². The second kappa shape index (κ2) is 8.18. The lowest BCUT2D eigenvalue weighted by molar-refractivity contribution is 1.18. The van der Waals surface area contributed by atoms with Gasteiger partial charge in [-0.3, -0.25) is 0 Å². The van der Waals surface area contributed by atoms with Crippen LogP contribution in [0.4, 0.5) is 5.69 Å². The maximum absolute atomic E-state index is 7.79. The van der Waals surface area contributed by atoms with Crippen LogP contribution >= 0.6 is 0 Å². The first-order chi connectivity index (χ1) is 20.3. The van der Waals surface area contributed by atoms with Crippen molar-refractivity contribution < 1.29 is 0 Å². The Labute approximate surface area is 236 Å². The number of rotatable bonds is 2. The maximum Gasteiger partial charge on any atom is 0.195 e. The fourth-order valence-electron chi connectivity index (χ4n) is 6.95. The predicted octanol–water partition coefficient (Wildman–Crippen LogP) is 11.1. The van der Waals surface area contributed by atoms with Crippen LogP contribution in [0.3, 0.4) is 0 Å². The number of para-hydroxylation sites is 1. The fraction of sp³-hybridized carbons (Fsp3) is 0. The molecule has 1 aromatic heterocycles. The van der Waals surface area contributed by atoms with E-state index in [1.165, 1.54) is 54.2 Å². The standard InChI is InChI=1S/C39H22N2/c1-40-35-19-20-36-39-32(35)18-16-25-21-26(22-37(38(25)39)41(36)27-10-3-2-4-11-27)33-23-34-28-12-6-5-9-24(28)15-17-31(34)29-13-7-8-14-30(29)33/h2-23H. The Hall–Kier alpha value is -5.65. The minimum absolute atomic E-state index is 0.697. The molecule has 41 heavy (non-hydrogen) atoms. The Bertz CT molecular complexity index is 2530. The second-order valence-electron chi connectivity index (χ2n) is 10.8. The molecule has 8 aromatic carbocycles. The van der Waals surface area contributed by atoms with E-state index in [2.05, 4.69) is 137 Å². The van der Waals surface area contributed by atoms with Crippen molar-refractivity contribution in [1.82, 2.24) is 4.57 Å². The molecule has 0 fully saturated rings. The van der Waals surface area contributed by atoms with Crippen LogP contribution in [0.2, 0.25) is 0 Å². The minimum atomic E-state index is 0.697. The largest absolute Gasteiger partial charge is 0.309 e. The van der Waals surface area contributed by atoms with Crippen LogP contribution in [0.5, 0.6) is 0 Å². The highest BCUT2D eigenvalue weighted by molar-refractivity contribution is 6.28. The van der Waals surface area contributed by atoms with Crippen molar-refractivity contribution in [3.05, 3.63) is 145 Å². The molecule has 0 spiro atoms. The maximum atomic E-state index is 7.79. The predicted molar refractivity (Wildman–Crippen MR) is 174 cm³/mol. The molecule has 0 bridgehead atoms. The van der Waals surface area contributed by atoms with Gasteiger partial charge in [0.05, 0.1) is 17.6 Å². The summed E-state index contributed by atoms with van der Waals surface area (Å²) in [6.45, 7) is 7.79. The van der Waals surface area contributed by atoms with Crippen molar-refractivity contribution in [1.29, 1.82) is 0 Å². The molecule has 1 heterocycles. The van der Waals surface area contributed by atoms with Crippen molar-refractivity contribution in [2.75, 3.05) is 0 Å². The monoisotopic (exact) mass is 518 g/mol. The first-order valence-corrected chi connectivity index (χ1v) is 13.9. The molecule has 0 radical (unpaired) electrons. The molecule has 0 aliphatic heterocycles. The molecule has 0 aliphatic rings. The average molecular weight is 519 g/mol. The van der Waals surface area contributed by atoms with Gasteiger partial charge in [0.25, 0.3) is 0 Å². The van der Waals surface area contributed by atoms with Crippen LogP contribution in [-0.2, 0) is 0 Å². The summed E-state index contributed by atoms with van der Waals surface area (Å²) in [5.74, 6) is 0. The molecule has 9 rings (SSSR count). The van der Waals surface area contributed by atoms with Gasteiger partial charge in [-0.1, -0.05) is 97.1 Å². The Morgan fingerprint density at radius 1 is 0.463 bits per heavy atom. The summed E-state index contributed by atoms with van der Waals surface area (Å²) in [5.41, 5.74) is 6.53. The van der Waals surface area contributed by atoms with Gasteiger partial charge in [0.2, 0.25) is 0 Å². The van der Waals surface area contributed by atoms with E-state index < -0.39 is 0 Å². The van der Waals surface area contributed by atoms with Gasteiger partial charge in [0.1, 0.15) is 0 Å². The number of aromatic nitrogens is 1. The van der Waals surface area contributed by atoms with Gasteiger partial charge in [0, 0.05) is 16.5 Å². The van der Waals surface area contributed by atoms with Gasteiger partial charge < -0.3 is 4.57 Å². The highest BCUT2D eigenvalue weighted by Gasteiger charge is 2.20. The number of nitrogens with zero attached hydrogens (tertiary/aromatic N) is 2. The summed E-state index contributed by atoms with van der Waals surface area (Å²) in [4.78, 5) is 3.85. The smallest absolute Gasteiger partial charge is 0.195 e. The quantitative estimate of drug-likeness (QED) is 0.159. The zero-order chi connectivity index (χ0) is 27.1. The third-order valence-electron chi connectivity index (χ3n) is 8.72. The molecule has 0 N–H and O–H groups in total. The van der Waals surface area contributed by atoms with Gasteiger partial charge in [-0.25, -0.2) is 4.85 Å². The molecule has 0 atom stereocenters. The van der Waals surface area contributed by atoms with E-state index in [0.717, 1.165) is 27.5 Å². The summed E-state index contributed by atoms with van der Waals surface area (Å²) in [7, 11) is 0. The van der Waals surface area contributed by atoms with Gasteiger partial charge in [0.15, 0.2) is 5.69 Å². The van der Waals surface area contributed by atoms with E-state index in [-0.39, 0.29) is 0 Å². The van der Waals surface area contributed by atoms with Crippen molar-refractivity contribution in [2.45, 2.75) is 0 Å². The summed E-state index contributed by atoms with van der Waals surface area (Å²) < 4.78 is 2.36. The highest BCUT2D eigenvalue weighted by Crippen LogP contribution is 2.45. The summed E-state index contributed by atoms with van der Waals surface area (Å²) >= 11 is 0. The zero-order valence-electron chi connectivity index (χ0n) is 22.1. The van der Waals surface area contributed by atoms with E-state index in [0.29, 0.717) is 5.69 Å². The fourth-order valence-corrected chi connectivity index (χ4v) is 6.95. The van der Waals surface area contributed by atoms with E-state index in [1.807, 2.05) is 6.07 Å². The number of hydrogen-bond donors (Lipinski definition) is 0. The second-order valence-corrected chi connectivity index (χ2v) is 10.8. The molecular weight excluding hydrogens is 496 g/mol. The van der Waals surface area contributed by atoms with Crippen molar-refractivity contribution in [3.8, 4) is 16.8 Å². The lowest BCUT2D eigenvalue weighted by Crippen LogP contribution is -1.93. The van der Waals surface area contributed by atoms with E-state index in [4.69, 9.17) is 6.57 Å². The first kappa shape index (κ1) is 22.2. The molecule has 2 heteroatoms. The van der Waals surface area contributed by atoms with E-state index in [9.17, 15) is 0 Å². The van der Waals surface area contributed by atoms with Crippen molar-refractivity contribution >= 4 is 70.6 Å². The van der Waals surface area contributed by atoms with E-state index in [1.54, 1.807) is 0 Å². The zero-order valence-corrected chi connectivity index (χ0v) is 22.1. The normalized spacial score (nSPS) is 11.9. The summed E-state index contributed by atoms with van der Waals surface area (Å²) in [5, 5.41) is 12.2. The van der Waals surface area contributed by atoms with Gasteiger partial charge >= 0.3 is 0 Å². The van der Waals surface area contributed by atoms with Gasteiger partial charge in [-0.2, -0.15) is 0 Å². The van der Waals surface area contributed by atoms with Crippen LogP contribution < -0.4 is 0 Å². The molecule has 9 aromatic rings. The van der Waals surface area contributed by atoms with Crippen LogP contribution in [-0.4, -0.2) is 4.57 Å². The number of hydrogen-bond acceptors (Lipinski definition) is 0. The Morgan fingerprint density at radius 2 is 1.17 bits per heavy atom. The minimum Gasteiger partial charge on any atom is -0.309 e. The molecule has 0 unspecified atom stereocenters.